The van der Waals surface area contributed by atoms with Crippen LogP contribution < -0.4 is 10.4 Å². The topological polar surface area (TPSA) is 95.5 Å². The molecule has 1 N–H and O–H groups in total. The molecule has 20 heavy (non-hydrogen) atoms. The summed E-state index contributed by atoms with van der Waals surface area (Å²) in [5.74, 6) is -2.57. The van der Waals surface area contributed by atoms with E-state index < -0.39 is 17.8 Å². The van der Waals surface area contributed by atoms with Gasteiger partial charge in [0.25, 0.3) is 0 Å². The molecule has 6 nitrogen and oxygen atoms in total. The number of ether oxygens (including phenoxy) is 1. The predicted molar refractivity (Wildman–Crippen MR) is 69.8 cm³/mol. The number of anilines is 1. The molecule has 6 heteroatoms. The van der Waals surface area contributed by atoms with E-state index in [-0.39, 0.29) is 0 Å². The van der Waals surface area contributed by atoms with Crippen LogP contribution in [0.4, 0.5) is 5.69 Å². The van der Waals surface area contributed by atoms with E-state index in [1.54, 1.807) is 18.2 Å². The smallest absolute Gasteiger partial charge is 0.338 e. The normalized spacial score (nSPS) is 10.2. The van der Waals surface area contributed by atoms with Gasteiger partial charge in [-0.15, -0.1) is 0 Å². The van der Waals surface area contributed by atoms with Gasteiger partial charge in [-0.25, -0.2) is 4.79 Å². The second-order valence-electron chi connectivity index (χ2n) is 3.86. The number of aliphatic carboxylic acids is 1. The first-order valence-electron chi connectivity index (χ1n) is 6.00. The number of esters is 1. The van der Waals surface area contributed by atoms with Gasteiger partial charge in [-0.3, -0.25) is 4.79 Å². The van der Waals surface area contributed by atoms with E-state index in [1.165, 1.54) is 6.07 Å². The van der Waals surface area contributed by atoms with Gasteiger partial charge in [0.15, 0.2) is 0 Å². The lowest BCUT2D eigenvalue weighted by atomic mass is 10.2. The van der Waals surface area contributed by atoms with Crippen LogP contribution >= 0.6 is 0 Å². The molecule has 0 fully saturated rings. The predicted octanol–water partition coefficient (Wildman–Crippen LogP) is 0.498. The van der Waals surface area contributed by atoms with Gasteiger partial charge in [0.2, 0.25) is 5.91 Å². The molecular weight excluding hydrogens is 262 g/mol. The fourth-order valence-electron chi connectivity index (χ4n) is 1.33. The summed E-state index contributed by atoms with van der Waals surface area (Å²) in [7, 11) is 0. The number of hydrogen-bond acceptors (Lipinski definition) is 5. The Bertz CT molecular complexity index is 536. The molecule has 1 amide bonds. The molecule has 106 valence electrons. The van der Waals surface area contributed by atoms with Gasteiger partial charge in [-0.2, -0.15) is 0 Å². The van der Waals surface area contributed by atoms with Crippen molar-refractivity contribution in [3.63, 3.8) is 0 Å². The number of hydrogen-bond donors (Lipinski definition) is 1. The zero-order valence-corrected chi connectivity index (χ0v) is 10.9. The number of rotatable bonds is 6. The van der Waals surface area contributed by atoms with Gasteiger partial charge in [0, 0.05) is 11.8 Å². The van der Waals surface area contributed by atoms with Crippen molar-refractivity contribution in [2.24, 2.45) is 0 Å². The number of benzene rings is 1. The summed E-state index contributed by atoms with van der Waals surface area (Å²) in [5, 5.41) is 12.6. The lowest BCUT2D eigenvalue weighted by Gasteiger charge is -2.06. The van der Waals surface area contributed by atoms with Crippen LogP contribution in [-0.2, 0) is 14.3 Å². The summed E-state index contributed by atoms with van der Waals surface area (Å²) >= 11 is 0. The highest BCUT2D eigenvalue weighted by Crippen LogP contribution is 2.12. The molecule has 1 aromatic carbocycles. The molecule has 0 atom stereocenters. The Morgan fingerprint density at radius 1 is 1.30 bits per heavy atom. The maximum atomic E-state index is 11.6. The van der Waals surface area contributed by atoms with Gasteiger partial charge in [-0.05, 0) is 30.7 Å². The van der Waals surface area contributed by atoms with Gasteiger partial charge in [0.05, 0.1) is 18.1 Å². The number of nitrogens with one attached hydrogen (secondary N) is 1. The quantitative estimate of drug-likeness (QED) is 0.603. The molecule has 0 aliphatic heterocycles. The van der Waals surface area contributed by atoms with Crippen molar-refractivity contribution in [2.75, 3.05) is 11.9 Å². The summed E-state index contributed by atoms with van der Waals surface area (Å²) in [6, 6.07) is 6.16. The largest absolute Gasteiger partial charge is 0.545 e. The fraction of sp³-hybridized carbons (Fsp3) is 0.214. The third kappa shape index (κ3) is 5.34. The monoisotopic (exact) mass is 276 g/mol. The molecule has 0 aromatic heterocycles. The lowest BCUT2D eigenvalue weighted by Crippen LogP contribution is -2.20. The van der Waals surface area contributed by atoms with E-state index >= 15 is 0 Å². The van der Waals surface area contributed by atoms with Crippen LogP contribution in [0.5, 0.6) is 0 Å². The molecule has 0 unspecified atom stereocenters. The maximum absolute atomic E-state index is 11.6. The standard InChI is InChI=1S/C14H15NO5/c1-2-8-20-14(19)10-4-3-5-11(9-10)15-12(16)6-7-13(17)18/h3-7,9H,2,8H2,1H3,(H,15,16)(H,17,18)/p-1/b7-6+. The highest BCUT2D eigenvalue weighted by atomic mass is 16.5. The number of carboxylic acid groups (broad SMARTS) is 1. The van der Waals surface area contributed by atoms with E-state index in [2.05, 4.69) is 5.32 Å². The molecule has 0 saturated carbocycles. The van der Waals surface area contributed by atoms with E-state index in [0.29, 0.717) is 23.9 Å². The third-order valence-corrected chi connectivity index (χ3v) is 2.17. The van der Waals surface area contributed by atoms with Gasteiger partial charge >= 0.3 is 5.97 Å². The summed E-state index contributed by atoms with van der Waals surface area (Å²) < 4.78 is 4.96. The van der Waals surface area contributed by atoms with Crippen LogP contribution in [0.1, 0.15) is 23.7 Å². The van der Waals surface area contributed by atoms with Crippen LogP contribution in [0.15, 0.2) is 36.4 Å². The molecular formula is C14H14NO5-. The SMILES string of the molecule is CCCOC(=O)c1cccc(NC(=O)/C=C/C(=O)[O-])c1. The van der Waals surface area contributed by atoms with Crippen molar-refractivity contribution in [2.45, 2.75) is 13.3 Å². The highest BCUT2D eigenvalue weighted by molar-refractivity contribution is 6.02. The van der Waals surface area contributed by atoms with Crippen molar-refractivity contribution in [3.05, 3.63) is 42.0 Å². The number of carbonyl (C=O) groups is 3. The molecule has 1 aromatic rings. The Labute approximate surface area is 116 Å². The fourth-order valence-corrected chi connectivity index (χ4v) is 1.33. The van der Waals surface area contributed by atoms with E-state index in [1.807, 2.05) is 6.92 Å². The van der Waals surface area contributed by atoms with E-state index in [4.69, 9.17) is 4.74 Å². The average Bonchev–Trinajstić information content (AvgIpc) is 2.42. The molecule has 0 heterocycles. The van der Waals surface area contributed by atoms with Gasteiger partial charge in [-0.1, -0.05) is 13.0 Å². The van der Waals surface area contributed by atoms with Crippen molar-refractivity contribution < 1.29 is 24.2 Å². The minimum atomic E-state index is -1.46. The molecule has 1 rings (SSSR count). The minimum Gasteiger partial charge on any atom is -0.545 e. The third-order valence-electron chi connectivity index (χ3n) is 2.17. The summed E-state index contributed by atoms with van der Waals surface area (Å²) in [4.78, 5) is 33.1. The van der Waals surface area contributed by atoms with Gasteiger partial charge < -0.3 is 20.0 Å². The van der Waals surface area contributed by atoms with Crippen molar-refractivity contribution in [3.8, 4) is 0 Å². The van der Waals surface area contributed by atoms with Crippen molar-refractivity contribution in [1.29, 1.82) is 0 Å². The first kappa shape index (κ1) is 15.4. The Balaban J connectivity index is 2.70. The highest BCUT2D eigenvalue weighted by Gasteiger charge is 2.07. The molecule has 0 radical (unpaired) electrons. The van der Waals surface area contributed by atoms with E-state index in [9.17, 15) is 19.5 Å². The molecule has 0 bridgehead atoms. The van der Waals surface area contributed by atoms with E-state index in [0.717, 1.165) is 12.5 Å². The van der Waals surface area contributed by atoms with Crippen LogP contribution in [0.25, 0.3) is 0 Å². The summed E-state index contributed by atoms with van der Waals surface area (Å²) in [6.45, 7) is 2.21. The minimum absolute atomic E-state index is 0.306. The van der Waals surface area contributed by atoms with Gasteiger partial charge in [0.1, 0.15) is 0 Å². The molecule has 0 aliphatic carbocycles. The lowest BCUT2D eigenvalue weighted by molar-refractivity contribution is -0.297. The number of amides is 1. The van der Waals surface area contributed by atoms with Crippen LogP contribution in [-0.4, -0.2) is 24.5 Å². The Morgan fingerprint density at radius 3 is 2.70 bits per heavy atom. The van der Waals surface area contributed by atoms with Crippen molar-refractivity contribution in [1.82, 2.24) is 0 Å². The average molecular weight is 276 g/mol. The van der Waals surface area contributed by atoms with Crippen molar-refractivity contribution >= 4 is 23.5 Å². The Hall–Kier alpha value is -2.63. The first-order valence-corrected chi connectivity index (χ1v) is 6.00. The number of carboxylic acids is 1. The number of carbonyl (C=O) groups excluding carboxylic acids is 3. The first-order chi connectivity index (χ1) is 9.52. The molecule has 0 spiro atoms. The Kier molecular flexibility index (Phi) is 5.96. The summed E-state index contributed by atoms with van der Waals surface area (Å²) in [5.41, 5.74) is 0.670. The summed E-state index contributed by atoms with van der Waals surface area (Å²) in [6.07, 6.45) is 2.17. The molecule has 0 aliphatic rings. The Morgan fingerprint density at radius 2 is 2.05 bits per heavy atom. The zero-order chi connectivity index (χ0) is 15.0. The second-order valence-corrected chi connectivity index (χ2v) is 3.86. The van der Waals surface area contributed by atoms with Crippen LogP contribution in [0, 0.1) is 0 Å². The zero-order valence-electron chi connectivity index (χ0n) is 10.9. The van der Waals surface area contributed by atoms with Crippen LogP contribution in [0.3, 0.4) is 0 Å². The maximum Gasteiger partial charge on any atom is 0.338 e. The molecule has 0 saturated heterocycles. The van der Waals surface area contributed by atoms with Crippen LogP contribution in [0.2, 0.25) is 0 Å². The second kappa shape index (κ2) is 7.73.